The molecule has 0 amide bonds. The number of carbonyl (C=O) groups excluding carboxylic acids is 2. The summed E-state index contributed by atoms with van der Waals surface area (Å²) in [5.74, 6) is 0.239. The van der Waals surface area contributed by atoms with Crippen LogP contribution in [0.4, 0.5) is 5.69 Å². The maximum atomic E-state index is 13.0. The molecular weight excluding hydrogens is 442 g/mol. The minimum atomic E-state index is -0.613. The molecule has 0 aliphatic carbocycles. The molecule has 5 rings (SSSR count). The first-order valence-electron chi connectivity index (χ1n) is 11.6. The number of nitrogens with zero attached hydrogens (tertiary/aromatic N) is 1. The van der Waals surface area contributed by atoms with Gasteiger partial charge in [0.1, 0.15) is 17.1 Å². The summed E-state index contributed by atoms with van der Waals surface area (Å²) in [6, 6.07) is 20.2. The topological polar surface area (TPSA) is 69.0 Å². The van der Waals surface area contributed by atoms with Crippen LogP contribution in [0, 0.1) is 6.92 Å². The van der Waals surface area contributed by atoms with Crippen LogP contribution in [0.15, 0.2) is 76.9 Å². The van der Waals surface area contributed by atoms with Crippen LogP contribution in [0.2, 0.25) is 0 Å². The number of ether oxygens (including phenoxy) is 2. The van der Waals surface area contributed by atoms with E-state index in [-0.39, 0.29) is 17.3 Å². The van der Waals surface area contributed by atoms with Gasteiger partial charge in [0.25, 0.3) is 0 Å². The maximum absolute atomic E-state index is 13.0. The number of carbonyl (C=O) groups is 2. The van der Waals surface area contributed by atoms with E-state index in [0.29, 0.717) is 28.2 Å². The van der Waals surface area contributed by atoms with Crippen LogP contribution < -0.4 is 14.4 Å². The molecule has 1 aromatic heterocycles. The van der Waals surface area contributed by atoms with Crippen molar-refractivity contribution in [2.45, 2.75) is 20.8 Å². The molecule has 0 bridgehead atoms. The number of anilines is 1. The second-order valence-corrected chi connectivity index (χ2v) is 8.31. The summed E-state index contributed by atoms with van der Waals surface area (Å²) in [5.41, 5.74) is 3.62. The Morgan fingerprint density at radius 1 is 1.00 bits per heavy atom. The summed E-state index contributed by atoms with van der Waals surface area (Å²) in [6.45, 7) is 7.85. The molecule has 2 heterocycles. The molecule has 0 unspecified atom stereocenters. The third-order valence-corrected chi connectivity index (χ3v) is 6.19. The van der Waals surface area contributed by atoms with E-state index >= 15 is 0 Å². The van der Waals surface area contributed by atoms with Gasteiger partial charge in [0.2, 0.25) is 11.5 Å². The lowest BCUT2D eigenvalue weighted by atomic mass is 10.1. The highest BCUT2D eigenvalue weighted by molar-refractivity contribution is 6.15. The van der Waals surface area contributed by atoms with E-state index in [4.69, 9.17) is 13.9 Å². The quantitative estimate of drug-likeness (QED) is 0.185. The van der Waals surface area contributed by atoms with Gasteiger partial charge in [0.15, 0.2) is 5.76 Å². The van der Waals surface area contributed by atoms with Crippen LogP contribution in [-0.4, -0.2) is 24.8 Å². The molecule has 0 saturated heterocycles. The molecule has 0 saturated carbocycles. The average Bonchev–Trinajstić information content (AvgIpc) is 3.45. The van der Waals surface area contributed by atoms with Crippen molar-refractivity contribution in [1.82, 2.24) is 0 Å². The molecule has 6 nitrogen and oxygen atoms in total. The molecule has 0 N–H and O–H groups in total. The first-order chi connectivity index (χ1) is 17.0. The number of ketones is 1. The SMILES string of the molecule is CCN(CC)c1ccc(/C=C2\Oc3c(ccc(OC(=O)c4cc5ccccc5o4)c3C)C2=O)cc1. The molecule has 176 valence electrons. The molecule has 0 spiro atoms. The zero-order valence-electron chi connectivity index (χ0n) is 19.8. The molecule has 0 radical (unpaired) electrons. The summed E-state index contributed by atoms with van der Waals surface area (Å²) in [4.78, 5) is 27.9. The van der Waals surface area contributed by atoms with Gasteiger partial charge in [0, 0.05) is 29.7 Å². The number of allylic oxidation sites excluding steroid dienone is 1. The van der Waals surface area contributed by atoms with Crippen LogP contribution in [0.5, 0.6) is 11.5 Å². The van der Waals surface area contributed by atoms with Crippen molar-refractivity contribution >= 4 is 34.5 Å². The lowest BCUT2D eigenvalue weighted by Gasteiger charge is -2.20. The summed E-state index contributed by atoms with van der Waals surface area (Å²) in [5, 5.41) is 0.818. The summed E-state index contributed by atoms with van der Waals surface area (Å²) in [6.07, 6.45) is 1.73. The molecule has 0 fully saturated rings. The first-order valence-corrected chi connectivity index (χ1v) is 11.6. The fraction of sp³-hybridized carbons (Fsp3) is 0.172. The fourth-order valence-corrected chi connectivity index (χ4v) is 4.23. The van der Waals surface area contributed by atoms with Crippen LogP contribution in [0.3, 0.4) is 0 Å². The maximum Gasteiger partial charge on any atom is 0.379 e. The highest BCUT2D eigenvalue weighted by Gasteiger charge is 2.31. The number of para-hydroxylation sites is 1. The molecule has 3 aromatic carbocycles. The van der Waals surface area contributed by atoms with E-state index < -0.39 is 5.97 Å². The van der Waals surface area contributed by atoms with Gasteiger partial charge in [-0.15, -0.1) is 0 Å². The largest absolute Gasteiger partial charge is 0.452 e. The Kier molecular flexibility index (Phi) is 5.87. The Balaban J connectivity index is 1.36. The van der Waals surface area contributed by atoms with Crippen molar-refractivity contribution < 1.29 is 23.5 Å². The number of hydrogen-bond acceptors (Lipinski definition) is 6. The first kappa shape index (κ1) is 22.5. The number of fused-ring (bicyclic) bond motifs is 2. The van der Waals surface area contributed by atoms with Crippen LogP contribution >= 0.6 is 0 Å². The van der Waals surface area contributed by atoms with Gasteiger partial charge in [-0.1, -0.05) is 30.3 Å². The molecule has 6 heteroatoms. The Hall–Kier alpha value is -4.32. The van der Waals surface area contributed by atoms with Gasteiger partial charge in [-0.05, 0) is 68.8 Å². The Labute approximate surface area is 203 Å². The van der Waals surface area contributed by atoms with Crippen LogP contribution in [0.25, 0.3) is 17.0 Å². The molecular formula is C29H25NO5. The molecule has 35 heavy (non-hydrogen) atoms. The van der Waals surface area contributed by atoms with E-state index in [1.54, 1.807) is 37.3 Å². The standard InChI is InChI=1S/C29H25NO5/c1-4-30(5-2)21-12-10-19(11-13-21)16-25-27(31)22-14-15-23(18(3)28(22)34-25)35-29(32)26-17-20-8-6-7-9-24(20)33-26/h6-17H,4-5H2,1-3H3/b25-16-. The monoisotopic (exact) mass is 467 g/mol. The van der Waals surface area contributed by atoms with Crippen molar-refractivity contribution in [2.75, 3.05) is 18.0 Å². The van der Waals surface area contributed by atoms with Crippen molar-refractivity contribution in [3.63, 3.8) is 0 Å². The second-order valence-electron chi connectivity index (χ2n) is 8.31. The smallest absolute Gasteiger partial charge is 0.379 e. The second kappa shape index (κ2) is 9.14. The van der Waals surface area contributed by atoms with Crippen molar-refractivity contribution in [1.29, 1.82) is 0 Å². The van der Waals surface area contributed by atoms with Crippen molar-refractivity contribution in [3.05, 3.63) is 94.9 Å². The van der Waals surface area contributed by atoms with Crippen molar-refractivity contribution in [3.8, 4) is 11.5 Å². The zero-order valence-corrected chi connectivity index (χ0v) is 19.8. The fourth-order valence-electron chi connectivity index (χ4n) is 4.23. The number of rotatable bonds is 6. The van der Waals surface area contributed by atoms with Gasteiger partial charge in [-0.2, -0.15) is 0 Å². The summed E-state index contributed by atoms with van der Waals surface area (Å²) >= 11 is 0. The van der Waals surface area contributed by atoms with E-state index in [9.17, 15) is 9.59 Å². The third kappa shape index (κ3) is 4.19. The summed E-state index contributed by atoms with van der Waals surface area (Å²) < 4.78 is 17.1. The lowest BCUT2D eigenvalue weighted by molar-refractivity contribution is 0.0702. The number of benzene rings is 3. The van der Waals surface area contributed by atoms with Gasteiger partial charge < -0.3 is 18.8 Å². The predicted octanol–water partition coefficient (Wildman–Crippen LogP) is 6.42. The van der Waals surface area contributed by atoms with E-state index in [2.05, 4.69) is 18.7 Å². The van der Waals surface area contributed by atoms with Gasteiger partial charge in [-0.3, -0.25) is 4.79 Å². The van der Waals surface area contributed by atoms with Crippen molar-refractivity contribution in [2.24, 2.45) is 0 Å². The van der Waals surface area contributed by atoms with Crippen LogP contribution in [-0.2, 0) is 0 Å². The minimum Gasteiger partial charge on any atom is -0.452 e. The normalized spacial score (nSPS) is 13.7. The third-order valence-electron chi connectivity index (χ3n) is 6.19. The highest BCUT2D eigenvalue weighted by atomic mass is 16.5. The molecule has 1 aliphatic heterocycles. The van der Waals surface area contributed by atoms with Gasteiger partial charge in [0.05, 0.1) is 5.56 Å². The lowest BCUT2D eigenvalue weighted by Crippen LogP contribution is -2.21. The minimum absolute atomic E-state index is 0.108. The average molecular weight is 468 g/mol. The Morgan fingerprint density at radius 2 is 1.74 bits per heavy atom. The number of Topliss-reactive ketones (excluding diaryl/α,β-unsaturated/α-hetero) is 1. The van der Waals surface area contributed by atoms with Gasteiger partial charge >= 0.3 is 5.97 Å². The number of esters is 1. The number of hydrogen-bond donors (Lipinski definition) is 0. The molecule has 0 atom stereocenters. The molecule has 1 aliphatic rings. The zero-order chi connectivity index (χ0) is 24.5. The molecule has 4 aromatic rings. The highest BCUT2D eigenvalue weighted by Crippen LogP contribution is 2.39. The van der Waals surface area contributed by atoms with E-state index in [0.717, 1.165) is 29.7 Å². The predicted molar refractivity (Wildman–Crippen MR) is 135 cm³/mol. The van der Waals surface area contributed by atoms with E-state index in [1.807, 2.05) is 42.5 Å². The Morgan fingerprint density at radius 3 is 2.46 bits per heavy atom. The van der Waals surface area contributed by atoms with Crippen LogP contribution in [0.1, 0.15) is 45.9 Å². The Bertz CT molecular complexity index is 1430. The number of furan rings is 1. The van der Waals surface area contributed by atoms with Gasteiger partial charge in [-0.25, -0.2) is 4.79 Å². The van der Waals surface area contributed by atoms with E-state index in [1.165, 1.54) is 0 Å². The summed E-state index contributed by atoms with van der Waals surface area (Å²) in [7, 11) is 0.